The second-order valence-corrected chi connectivity index (χ2v) is 4.19. The Labute approximate surface area is 64.4 Å². The summed E-state index contributed by atoms with van der Waals surface area (Å²) in [6, 6.07) is 0. The van der Waals surface area contributed by atoms with E-state index in [9.17, 15) is 0 Å². The molecule has 1 rings (SSSR count). The van der Waals surface area contributed by atoms with Crippen LogP contribution in [0.3, 0.4) is 0 Å². The van der Waals surface area contributed by atoms with Crippen LogP contribution in [-0.2, 0) is 9.39 Å². The summed E-state index contributed by atoms with van der Waals surface area (Å²) in [5.74, 6) is 0. The van der Waals surface area contributed by atoms with Gasteiger partial charge in [0.05, 0.1) is 10.2 Å². The van der Waals surface area contributed by atoms with Crippen molar-refractivity contribution in [1.82, 2.24) is 0 Å². The quantitative estimate of drug-likeness (QED) is 0.511. The molecule has 57 valence electrons. The van der Waals surface area contributed by atoms with E-state index in [1.54, 1.807) is 0 Å². The largest absolute Gasteiger partial charge is 0.486 e. The molecule has 1 heterocycles. The third-order valence-corrected chi connectivity index (χ3v) is 2.76. The van der Waals surface area contributed by atoms with Crippen LogP contribution in [0, 0.1) is 0 Å². The van der Waals surface area contributed by atoms with E-state index in [4.69, 9.17) is 14.4 Å². The van der Waals surface area contributed by atoms with Gasteiger partial charge >= 0.3 is 7.69 Å². The number of hydrogen-bond acceptors (Lipinski definition) is 3. The second kappa shape index (κ2) is 3.52. The summed E-state index contributed by atoms with van der Waals surface area (Å²) >= 11 is 0. The third-order valence-electron chi connectivity index (χ3n) is 1.73. The first-order valence-corrected chi connectivity index (χ1v) is 4.54. The molecule has 0 aromatic rings. The zero-order valence-corrected chi connectivity index (χ0v) is 8.17. The summed E-state index contributed by atoms with van der Waals surface area (Å²) in [5, 5.41) is 8.38. The van der Waals surface area contributed by atoms with E-state index in [2.05, 4.69) is 0 Å². The van der Waals surface area contributed by atoms with Gasteiger partial charge in [0.25, 0.3) is 0 Å². The summed E-state index contributed by atoms with van der Waals surface area (Å²) < 4.78 is 10.3. The standard InChI is InChI=1S/C5H12BO3Si/c7-6-9-5(10)3-1-2-4-8-5/h7H,1-4H2,10H3. The van der Waals surface area contributed by atoms with Crippen molar-refractivity contribution in [2.24, 2.45) is 0 Å². The molecular formula is C5H12BO3Si. The molecule has 10 heavy (non-hydrogen) atoms. The highest BCUT2D eigenvalue weighted by Gasteiger charge is 2.27. The molecule has 1 aliphatic heterocycles. The maximum atomic E-state index is 8.38. The monoisotopic (exact) mass is 159 g/mol. The van der Waals surface area contributed by atoms with E-state index < -0.39 is 5.41 Å². The lowest BCUT2D eigenvalue weighted by molar-refractivity contribution is -0.148. The first-order chi connectivity index (χ1) is 4.77. The molecule has 5 heteroatoms. The lowest BCUT2D eigenvalue weighted by Crippen LogP contribution is -2.40. The predicted molar refractivity (Wildman–Crippen MR) is 41.5 cm³/mol. The van der Waals surface area contributed by atoms with E-state index >= 15 is 0 Å². The summed E-state index contributed by atoms with van der Waals surface area (Å²) in [5.41, 5.74) is -0.437. The zero-order valence-electron chi connectivity index (χ0n) is 6.17. The summed E-state index contributed by atoms with van der Waals surface area (Å²) in [4.78, 5) is 0. The van der Waals surface area contributed by atoms with Crippen molar-refractivity contribution < 1.29 is 14.4 Å². The van der Waals surface area contributed by atoms with Gasteiger partial charge in [0.1, 0.15) is 5.41 Å². The minimum Gasteiger partial charge on any atom is -0.429 e. The molecule has 3 nitrogen and oxygen atoms in total. The fraction of sp³-hybridized carbons (Fsp3) is 1.00. The Morgan fingerprint density at radius 3 is 2.90 bits per heavy atom. The van der Waals surface area contributed by atoms with Crippen LogP contribution < -0.4 is 0 Å². The van der Waals surface area contributed by atoms with Crippen LogP contribution in [0.4, 0.5) is 0 Å². The highest BCUT2D eigenvalue weighted by molar-refractivity contribution is 6.21. The molecule has 1 N–H and O–H groups in total. The molecule has 0 saturated carbocycles. The van der Waals surface area contributed by atoms with Gasteiger partial charge in [0, 0.05) is 6.61 Å². The number of hydrogen-bond donors (Lipinski definition) is 1. The van der Waals surface area contributed by atoms with E-state index in [-0.39, 0.29) is 0 Å². The molecule has 0 aromatic heterocycles. The highest BCUT2D eigenvalue weighted by Crippen LogP contribution is 2.21. The first-order valence-electron chi connectivity index (χ1n) is 3.54. The second-order valence-electron chi connectivity index (χ2n) is 2.66. The molecule has 0 amide bonds. The lowest BCUT2D eigenvalue weighted by Gasteiger charge is -2.33. The van der Waals surface area contributed by atoms with Crippen LogP contribution in [0.15, 0.2) is 0 Å². The number of ether oxygens (including phenoxy) is 1. The van der Waals surface area contributed by atoms with Crippen molar-refractivity contribution in [2.75, 3.05) is 6.61 Å². The summed E-state index contributed by atoms with van der Waals surface area (Å²) in [7, 11) is 1.54. The molecule has 1 saturated heterocycles. The molecule has 1 fully saturated rings. The molecule has 0 aliphatic carbocycles. The van der Waals surface area contributed by atoms with Crippen molar-refractivity contribution >= 4 is 17.9 Å². The lowest BCUT2D eigenvalue weighted by atomic mass is 10.2. The topological polar surface area (TPSA) is 38.7 Å². The van der Waals surface area contributed by atoms with Crippen LogP contribution >= 0.6 is 0 Å². The van der Waals surface area contributed by atoms with Crippen LogP contribution in [-0.4, -0.2) is 35.0 Å². The number of rotatable bonds is 2. The fourth-order valence-corrected chi connectivity index (χ4v) is 1.78. The van der Waals surface area contributed by atoms with Gasteiger partial charge in [-0.1, -0.05) is 0 Å². The van der Waals surface area contributed by atoms with Crippen molar-refractivity contribution in [2.45, 2.75) is 24.7 Å². The summed E-state index contributed by atoms with van der Waals surface area (Å²) in [6.45, 7) is 0.761. The van der Waals surface area contributed by atoms with E-state index in [0.29, 0.717) is 0 Å². The molecule has 0 spiro atoms. The van der Waals surface area contributed by atoms with Gasteiger partial charge in [-0.3, -0.25) is 0 Å². The van der Waals surface area contributed by atoms with Crippen LogP contribution in [0.25, 0.3) is 0 Å². The molecule has 1 atom stereocenters. The van der Waals surface area contributed by atoms with Crippen molar-refractivity contribution in [1.29, 1.82) is 0 Å². The molecule has 1 aliphatic rings. The van der Waals surface area contributed by atoms with Gasteiger partial charge in [-0.15, -0.1) is 0 Å². The van der Waals surface area contributed by atoms with Crippen molar-refractivity contribution in [3.05, 3.63) is 0 Å². The van der Waals surface area contributed by atoms with Gasteiger partial charge in [0.15, 0.2) is 0 Å². The average molecular weight is 159 g/mol. The molecule has 1 unspecified atom stereocenters. The Bertz CT molecular complexity index is 99.6. The first kappa shape index (κ1) is 8.26. The van der Waals surface area contributed by atoms with Gasteiger partial charge in [-0.25, -0.2) is 0 Å². The molecule has 0 bridgehead atoms. The van der Waals surface area contributed by atoms with E-state index in [1.807, 2.05) is 0 Å². The SMILES string of the molecule is O[B]OC1([SiH3])CCCCO1. The van der Waals surface area contributed by atoms with Crippen molar-refractivity contribution in [3.8, 4) is 0 Å². The Morgan fingerprint density at radius 1 is 1.60 bits per heavy atom. The molecule has 0 aromatic carbocycles. The Kier molecular flexibility index (Phi) is 2.91. The van der Waals surface area contributed by atoms with Gasteiger partial charge < -0.3 is 14.4 Å². The minimum atomic E-state index is -0.437. The maximum absolute atomic E-state index is 8.38. The van der Waals surface area contributed by atoms with Gasteiger partial charge in [-0.05, 0) is 19.3 Å². The Balaban J connectivity index is 2.32. The molecule has 1 radical (unpaired) electrons. The van der Waals surface area contributed by atoms with E-state index in [1.165, 1.54) is 0 Å². The van der Waals surface area contributed by atoms with Gasteiger partial charge in [0.2, 0.25) is 0 Å². The minimum absolute atomic E-state index is 0.437. The zero-order chi connectivity index (χ0) is 7.45. The smallest absolute Gasteiger partial charge is 0.429 e. The Morgan fingerprint density at radius 2 is 2.40 bits per heavy atom. The van der Waals surface area contributed by atoms with Crippen LogP contribution in [0.5, 0.6) is 0 Å². The van der Waals surface area contributed by atoms with E-state index in [0.717, 1.165) is 43.8 Å². The summed E-state index contributed by atoms with van der Waals surface area (Å²) in [6.07, 6.45) is 3.16. The predicted octanol–water partition coefficient (Wildman–Crippen LogP) is -1.25. The molecular weight excluding hydrogens is 147 g/mol. The van der Waals surface area contributed by atoms with Gasteiger partial charge in [-0.2, -0.15) is 0 Å². The Hall–Kier alpha value is 0.162. The normalized spacial score (nSPS) is 34.1. The maximum Gasteiger partial charge on any atom is 0.486 e. The average Bonchev–Trinajstić information content (AvgIpc) is 1.89. The fourth-order valence-electron chi connectivity index (χ4n) is 1.11. The van der Waals surface area contributed by atoms with Crippen LogP contribution in [0.2, 0.25) is 0 Å². The highest BCUT2D eigenvalue weighted by atomic mass is 28.1. The van der Waals surface area contributed by atoms with Crippen LogP contribution in [0.1, 0.15) is 19.3 Å². The third kappa shape index (κ3) is 2.09. The van der Waals surface area contributed by atoms with Crippen molar-refractivity contribution in [3.63, 3.8) is 0 Å².